The first-order chi connectivity index (χ1) is 4.93. The Kier molecular flexibility index (Phi) is 20.1. The van der Waals surface area contributed by atoms with E-state index in [-0.39, 0.29) is 57.0 Å². The first-order valence-corrected chi connectivity index (χ1v) is 4.07. The number of hydrogen-bond donors (Lipinski definition) is 0. The second-order valence-corrected chi connectivity index (χ2v) is 2.66. The van der Waals surface area contributed by atoms with Crippen molar-refractivity contribution in [2.75, 3.05) is 5.88 Å². The van der Waals surface area contributed by atoms with Crippen LogP contribution in [0.2, 0.25) is 0 Å². The average molecular weight is 339 g/mol. The molecule has 0 atom stereocenters. The molecular formula is C9H11Br2ClMg. The van der Waals surface area contributed by atoms with Crippen molar-refractivity contribution in [3.8, 4) is 0 Å². The Balaban J connectivity index is -0.000000333. The van der Waals surface area contributed by atoms with Crippen LogP contribution in [0.5, 0.6) is 0 Å². The van der Waals surface area contributed by atoms with Gasteiger partial charge in [0.2, 0.25) is 0 Å². The molecule has 0 aliphatic heterocycles. The molecule has 4 heteroatoms. The van der Waals surface area contributed by atoms with Crippen LogP contribution in [0.15, 0.2) is 30.3 Å². The normalized spacial score (nSPS) is 7.46. The van der Waals surface area contributed by atoms with Crippen LogP contribution in [0.4, 0.5) is 0 Å². The summed E-state index contributed by atoms with van der Waals surface area (Å²) in [5.74, 6) is 0.759. The third-order valence-corrected chi connectivity index (χ3v) is 1.71. The van der Waals surface area contributed by atoms with Crippen molar-refractivity contribution in [3.05, 3.63) is 35.9 Å². The number of rotatable bonds is 3. The molecule has 0 aliphatic rings. The summed E-state index contributed by atoms with van der Waals surface area (Å²) in [7, 11) is 0. The Bertz CT molecular complexity index is 182. The molecule has 70 valence electrons. The minimum Gasteiger partial charge on any atom is -1.00 e. The van der Waals surface area contributed by atoms with Gasteiger partial charge in [0.25, 0.3) is 0 Å². The molecule has 1 rings (SSSR count). The van der Waals surface area contributed by atoms with E-state index in [2.05, 4.69) is 24.3 Å². The molecule has 0 fully saturated rings. The summed E-state index contributed by atoms with van der Waals surface area (Å²) in [6.45, 7) is 0. The van der Waals surface area contributed by atoms with Gasteiger partial charge in [0.05, 0.1) is 0 Å². The Morgan fingerprint density at radius 2 is 1.54 bits per heavy atom. The SMILES string of the molecule is ClCCCc1ccccc1.[Br-].[Br-].[Mg+2]. The summed E-state index contributed by atoms with van der Waals surface area (Å²) in [5.41, 5.74) is 1.38. The number of aryl methyl sites for hydroxylation is 1. The van der Waals surface area contributed by atoms with Crippen LogP contribution in [-0.4, -0.2) is 28.9 Å². The summed E-state index contributed by atoms with van der Waals surface area (Å²) in [6, 6.07) is 10.4. The van der Waals surface area contributed by atoms with Gasteiger partial charge in [-0.1, -0.05) is 30.3 Å². The molecule has 0 heterocycles. The number of halogens is 3. The van der Waals surface area contributed by atoms with E-state index in [1.807, 2.05) is 6.07 Å². The van der Waals surface area contributed by atoms with Crippen molar-refractivity contribution in [3.63, 3.8) is 0 Å². The van der Waals surface area contributed by atoms with Crippen LogP contribution in [0.1, 0.15) is 12.0 Å². The number of alkyl halides is 1. The Labute approximate surface area is 122 Å². The van der Waals surface area contributed by atoms with Crippen LogP contribution in [0.3, 0.4) is 0 Å². The second-order valence-electron chi connectivity index (χ2n) is 2.28. The van der Waals surface area contributed by atoms with Gasteiger partial charge in [0, 0.05) is 5.88 Å². The first-order valence-electron chi connectivity index (χ1n) is 3.53. The van der Waals surface area contributed by atoms with Crippen LogP contribution >= 0.6 is 11.6 Å². The third-order valence-electron chi connectivity index (χ3n) is 1.44. The van der Waals surface area contributed by atoms with Crippen molar-refractivity contribution in [1.29, 1.82) is 0 Å². The van der Waals surface area contributed by atoms with E-state index in [1.165, 1.54) is 5.56 Å². The molecule has 0 aliphatic carbocycles. The Morgan fingerprint density at radius 1 is 1.00 bits per heavy atom. The minimum absolute atomic E-state index is 0. The molecule has 0 saturated heterocycles. The van der Waals surface area contributed by atoms with E-state index < -0.39 is 0 Å². The third kappa shape index (κ3) is 9.54. The van der Waals surface area contributed by atoms with Crippen molar-refractivity contribution in [2.45, 2.75) is 12.8 Å². The molecule has 0 saturated carbocycles. The predicted molar refractivity (Wildman–Crippen MR) is 51.2 cm³/mol. The molecule has 0 unspecified atom stereocenters. The molecule has 0 amide bonds. The molecule has 0 spiro atoms. The van der Waals surface area contributed by atoms with Crippen LogP contribution in [0.25, 0.3) is 0 Å². The summed E-state index contributed by atoms with van der Waals surface area (Å²) < 4.78 is 0. The maximum Gasteiger partial charge on any atom is 2.00 e. The zero-order valence-electron chi connectivity index (χ0n) is 7.35. The van der Waals surface area contributed by atoms with Crippen LogP contribution < -0.4 is 34.0 Å². The molecule has 0 N–H and O–H groups in total. The smallest absolute Gasteiger partial charge is 1.00 e. The summed E-state index contributed by atoms with van der Waals surface area (Å²) >= 11 is 5.55. The zero-order valence-corrected chi connectivity index (χ0v) is 12.7. The Hall–Kier alpha value is 1.24. The number of hydrogen-bond acceptors (Lipinski definition) is 0. The number of benzene rings is 1. The monoisotopic (exact) mass is 336 g/mol. The maximum absolute atomic E-state index is 5.55. The second kappa shape index (κ2) is 13.2. The minimum atomic E-state index is 0. The predicted octanol–water partition coefficient (Wildman–Crippen LogP) is -3.51. The fraction of sp³-hybridized carbons (Fsp3) is 0.333. The Morgan fingerprint density at radius 3 is 2.00 bits per heavy atom. The summed E-state index contributed by atoms with van der Waals surface area (Å²) in [6.07, 6.45) is 2.18. The van der Waals surface area contributed by atoms with E-state index in [0.29, 0.717) is 0 Å². The molecular weight excluding hydrogens is 328 g/mol. The molecule has 0 bridgehead atoms. The fourth-order valence-corrected chi connectivity index (χ4v) is 1.05. The average Bonchev–Trinajstić information content (AvgIpc) is 2.03. The molecule has 0 radical (unpaired) electrons. The van der Waals surface area contributed by atoms with Crippen molar-refractivity contribution in [2.24, 2.45) is 0 Å². The van der Waals surface area contributed by atoms with E-state index in [9.17, 15) is 0 Å². The van der Waals surface area contributed by atoms with Crippen molar-refractivity contribution in [1.82, 2.24) is 0 Å². The van der Waals surface area contributed by atoms with Gasteiger partial charge < -0.3 is 34.0 Å². The molecule has 0 aromatic heterocycles. The molecule has 13 heavy (non-hydrogen) atoms. The van der Waals surface area contributed by atoms with Gasteiger partial charge in [0.15, 0.2) is 0 Å². The van der Waals surface area contributed by atoms with Crippen molar-refractivity contribution >= 4 is 34.7 Å². The van der Waals surface area contributed by atoms with Gasteiger partial charge >= 0.3 is 23.1 Å². The van der Waals surface area contributed by atoms with E-state index in [4.69, 9.17) is 11.6 Å². The largest absolute Gasteiger partial charge is 2.00 e. The summed E-state index contributed by atoms with van der Waals surface area (Å²) in [5, 5.41) is 0. The van der Waals surface area contributed by atoms with Gasteiger partial charge in [-0.05, 0) is 18.4 Å². The van der Waals surface area contributed by atoms with Crippen LogP contribution in [0, 0.1) is 0 Å². The van der Waals surface area contributed by atoms with Crippen LogP contribution in [-0.2, 0) is 6.42 Å². The van der Waals surface area contributed by atoms with E-state index in [1.54, 1.807) is 0 Å². The van der Waals surface area contributed by atoms with Gasteiger partial charge in [-0.25, -0.2) is 0 Å². The molecule has 1 aromatic carbocycles. The zero-order chi connectivity index (χ0) is 7.23. The fourth-order valence-electron chi connectivity index (χ4n) is 0.916. The van der Waals surface area contributed by atoms with Crippen molar-refractivity contribution < 1.29 is 34.0 Å². The quantitative estimate of drug-likeness (QED) is 0.396. The van der Waals surface area contributed by atoms with Gasteiger partial charge in [-0.15, -0.1) is 11.6 Å². The summed E-state index contributed by atoms with van der Waals surface area (Å²) in [4.78, 5) is 0. The standard InChI is InChI=1S/C9H11Cl.2BrH.Mg/c10-8-4-7-9-5-2-1-3-6-9;;;/h1-3,5-6H,4,7-8H2;2*1H;/q;;;+2/p-2. The van der Waals surface area contributed by atoms with E-state index in [0.717, 1.165) is 18.7 Å². The molecule has 1 aromatic rings. The maximum atomic E-state index is 5.55. The topological polar surface area (TPSA) is 0 Å². The van der Waals surface area contributed by atoms with E-state index >= 15 is 0 Å². The molecule has 0 nitrogen and oxygen atoms in total. The van der Waals surface area contributed by atoms with Gasteiger partial charge in [-0.2, -0.15) is 0 Å². The van der Waals surface area contributed by atoms with Gasteiger partial charge in [-0.3, -0.25) is 0 Å². The van der Waals surface area contributed by atoms with Gasteiger partial charge in [0.1, 0.15) is 0 Å². The first kappa shape index (κ1) is 19.8.